The largest absolute Gasteiger partial charge is 0.444 e. The number of oxazole rings is 1. The molecular weight excluding hydrogens is 226 g/mol. The average Bonchev–Trinajstić information content (AvgIpc) is 2.76. The van der Waals surface area contributed by atoms with Crippen LogP contribution >= 0.6 is 0 Å². The van der Waals surface area contributed by atoms with Gasteiger partial charge in [0, 0.05) is 17.9 Å². The van der Waals surface area contributed by atoms with Crippen LogP contribution in [0.25, 0.3) is 0 Å². The number of hydrogen-bond acceptors (Lipinski definition) is 4. The van der Waals surface area contributed by atoms with Gasteiger partial charge in [0.2, 0.25) is 5.89 Å². The van der Waals surface area contributed by atoms with E-state index in [1.54, 1.807) is 6.20 Å². The van der Waals surface area contributed by atoms with Crippen LogP contribution in [-0.4, -0.2) is 11.5 Å². The molecule has 0 amide bonds. The molecule has 1 aliphatic rings. The number of nitrogens with zero attached hydrogens (tertiary/aromatic N) is 2. The maximum absolute atomic E-state index is 6.04. The molecule has 4 heteroatoms. The maximum atomic E-state index is 6.04. The minimum Gasteiger partial charge on any atom is -0.444 e. The summed E-state index contributed by atoms with van der Waals surface area (Å²) in [5, 5.41) is 0. The molecule has 0 unspecified atom stereocenters. The van der Waals surface area contributed by atoms with Crippen LogP contribution in [-0.2, 0) is 13.0 Å². The lowest BCUT2D eigenvalue weighted by Crippen LogP contribution is -2.29. The third kappa shape index (κ3) is 1.94. The first-order chi connectivity index (χ1) is 8.74. The summed E-state index contributed by atoms with van der Waals surface area (Å²) >= 11 is 0. The van der Waals surface area contributed by atoms with Crippen LogP contribution in [0, 0.1) is 6.92 Å². The van der Waals surface area contributed by atoms with E-state index in [9.17, 15) is 0 Å². The Labute approximate surface area is 106 Å². The van der Waals surface area contributed by atoms with Crippen molar-refractivity contribution in [1.82, 2.24) is 4.98 Å². The first kappa shape index (κ1) is 11.1. The van der Waals surface area contributed by atoms with Crippen molar-refractivity contribution >= 4 is 11.4 Å². The standard InChI is InChI=1S/C14H17N3O/c1-10-8-16-14(18-10)9-17-7-3-4-11-12(15)5-2-6-13(11)17/h2,5-6,8H,3-4,7,9,15H2,1H3. The Bertz CT molecular complexity index is 562. The summed E-state index contributed by atoms with van der Waals surface area (Å²) in [7, 11) is 0. The zero-order chi connectivity index (χ0) is 12.5. The molecule has 1 aromatic carbocycles. The highest BCUT2D eigenvalue weighted by molar-refractivity contribution is 5.66. The Hall–Kier alpha value is -1.97. The normalized spacial score (nSPS) is 14.6. The minimum absolute atomic E-state index is 0.713. The van der Waals surface area contributed by atoms with Gasteiger partial charge in [-0.25, -0.2) is 4.98 Å². The van der Waals surface area contributed by atoms with Crippen molar-refractivity contribution in [3.05, 3.63) is 41.6 Å². The zero-order valence-corrected chi connectivity index (χ0v) is 10.5. The summed E-state index contributed by atoms with van der Waals surface area (Å²) in [5.74, 6) is 1.62. The Kier molecular flexibility index (Phi) is 2.70. The number of anilines is 2. The average molecular weight is 243 g/mol. The summed E-state index contributed by atoms with van der Waals surface area (Å²) in [6, 6.07) is 6.10. The van der Waals surface area contributed by atoms with Gasteiger partial charge in [-0.05, 0) is 37.5 Å². The Morgan fingerprint density at radius 3 is 3.11 bits per heavy atom. The molecule has 0 saturated heterocycles. The summed E-state index contributed by atoms with van der Waals surface area (Å²) in [4.78, 5) is 6.56. The lowest BCUT2D eigenvalue weighted by molar-refractivity contribution is 0.462. The highest BCUT2D eigenvalue weighted by atomic mass is 16.4. The Balaban J connectivity index is 1.89. The molecule has 0 bridgehead atoms. The monoisotopic (exact) mass is 243 g/mol. The van der Waals surface area contributed by atoms with Gasteiger partial charge in [0.15, 0.2) is 0 Å². The minimum atomic E-state index is 0.713. The van der Waals surface area contributed by atoms with Crippen LogP contribution in [0.2, 0.25) is 0 Å². The predicted octanol–water partition coefficient (Wildman–Crippen LogP) is 2.52. The fraction of sp³-hybridized carbons (Fsp3) is 0.357. The van der Waals surface area contributed by atoms with E-state index in [2.05, 4.69) is 16.0 Å². The van der Waals surface area contributed by atoms with Crippen molar-refractivity contribution in [2.45, 2.75) is 26.3 Å². The van der Waals surface area contributed by atoms with E-state index in [0.29, 0.717) is 6.54 Å². The molecule has 0 radical (unpaired) electrons. The van der Waals surface area contributed by atoms with E-state index < -0.39 is 0 Å². The van der Waals surface area contributed by atoms with Gasteiger partial charge in [0.25, 0.3) is 0 Å². The van der Waals surface area contributed by atoms with Crippen molar-refractivity contribution in [1.29, 1.82) is 0 Å². The molecule has 2 N–H and O–H groups in total. The fourth-order valence-corrected chi connectivity index (χ4v) is 2.53. The molecule has 1 aromatic heterocycles. The van der Waals surface area contributed by atoms with Gasteiger partial charge < -0.3 is 15.1 Å². The van der Waals surface area contributed by atoms with Gasteiger partial charge in [0.05, 0.1) is 12.7 Å². The van der Waals surface area contributed by atoms with Gasteiger partial charge >= 0.3 is 0 Å². The van der Waals surface area contributed by atoms with Crippen molar-refractivity contribution < 1.29 is 4.42 Å². The smallest absolute Gasteiger partial charge is 0.213 e. The number of aryl methyl sites for hydroxylation is 1. The number of nitrogens with two attached hydrogens (primary N) is 1. The maximum Gasteiger partial charge on any atom is 0.213 e. The Morgan fingerprint density at radius 1 is 1.44 bits per heavy atom. The number of hydrogen-bond donors (Lipinski definition) is 1. The molecule has 3 rings (SSSR count). The Morgan fingerprint density at radius 2 is 2.33 bits per heavy atom. The van der Waals surface area contributed by atoms with E-state index in [1.807, 2.05) is 19.1 Å². The number of nitrogen functional groups attached to an aromatic ring is 1. The van der Waals surface area contributed by atoms with Crippen LogP contribution in [0.1, 0.15) is 23.6 Å². The topological polar surface area (TPSA) is 55.3 Å². The van der Waals surface area contributed by atoms with Crippen molar-refractivity contribution in [2.24, 2.45) is 0 Å². The summed E-state index contributed by atoms with van der Waals surface area (Å²) in [6.07, 6.45) is 3.95. The van der Waals surface area contributed by atoms with Crippen molar-refractivity contribution in [3.63, 3.8) is 0 Å². The molecule has 94 valence electrons. The van der Waals surface area contributed by atoms with E-state index in [1.165, 1.54) is 11.3 Å². The number of aromatic nitrogens is 1. The molecule has 18 heavy (non-hydrogen) atoms. The second-order valence-corrected chi connectivity index (χ2v) is 4.73. The third-order valence-corrected chi connectivity index (χ3v) is 3.38. The molecule has 1 aliphatic heterocycles. The molecule has 0 saturated carbocycles. The van der Waals surface area contributed by atoms with Gasteiger partial charge in [-0.3, -0.25) is 0 Å². The lowest BCUT2D eigenvalue weighted by Gasteiger charge is -2.30. The molecule has 0 fully saturated rings. The number of rotatable bonds is 2. The van der Waals surface area contributed by atoms with Crippen molar-refractivity contribution in [3.8, 4) is 0 Å². The highest BCUT2D eigenvalue weighted by Crippen LogP contribution is 2.32. The van der Waals surface area contributed by atoms with Crippen LogP contribution in [0.5, 0.6) is 0 Å². The first-order valence-corrected chi connectivity index (χ1v) is 6.27. The molecule has 2 aromatic rings. The number of benzene rings is 1. The van der Waals surface area contributed by atoms with E-state index in [-0.39, 0.29) is 0 Å². The second kappa shape index (κ2) is 4.37. The first-order valence-electron chi connectivity index (χ1n) is 6.27. The predicted molar refractivity (Wildman–Crippen MR) is 71.5 cm³/mol. The summed E-state index contributed by atoms with van der Waals surface area (Å²) < 4.78 is 5.55. The van der Waals surface area contributed by atoms with Gasteiger partial charge in [-0.1, -0.05) is 6.07 Å². The molecule has 2 heterocycles. The van der Waals surface area contributed by atoms with Crippen LogP contribution in [0.15, 0.2) is 28.8 Å². The zero-order valence-electron chi connectivity index (χ0n) is 10.5. The van der Waals surface area contributed by atoms with Gasteiger partial charge in [-0.15, -0.1) is 0 Å². The quantitative estimate of drug-likeness (QED) is 0.823. The molecular formula is C14H17N3O. The van der Waals surface area contributed by atoms with Gasteiger partial charge in [0.1, 0.15) is 5.76 Å². The second-order valence-electron chi connectivity index (χ2n) is 4.73. The summed E-state index contributed by atoms with van der Waals surface area (Å²) in [5.41, 5.74) is 9.40. The molecule has 4 nitrogen and oxygen atoms in total. The highest BCUT2D eigenvalue weighted by Gasteiger charge is 2.19. The SMILES string of the molecule is Cc1cnc(CN2CCCc3c(N)cccc32)o1. The van der Waals surface area contributed by atoms with Crippen LogP contribution < -0.4 is 10.6 Å². The van der Waals surface area contributed by atoms with E-state index in [4.69, 9.17) is 10.2 Å². The lowest BCUT2D eigenvalue weighted by atomic mass is 10.00. The fourth-order valence-electron chi connectivity index (χ4n) is 2.53. The summed E-state index contributed by atoms with van der Waals surface area (Å²) in [6.45, 7) is 3.65. The number of fused-ring (bicyclic) bond motifs is 1. The molecule has 0 atom stereocenters. The van der Waals surface area contributed by atoms with Crippen LogP contribution in [0.4, 0.5) is 11.4 Å². The molecule has 0 spiro atoms. The third-order valence-electron chi connectivity index (χ3n) is 3.38. The molecule has 0 aliphatic carbocycles. The van der Waals surface area contributed by atoms with E-state index >= 15 is 0 Å². The van der Waals surface area contributed by atoms with Gasteiger partial charge in [-0.2, -0.15) is 0 Å². The van der Waals surface area contributed by atoms with Crippen molar-refractivity contribution in [2.75, 3.05) is 17.2 Å². The van der Waals surface area contributed by atoms with Crippen LogP contribution in [0.3, 0.4) is 0 Å². The van der Waals surface area contributed by atoms with E-state index in [0.717, 1.165) is 36.7 Å².